The molecule has 3 fully saturated rings. The number of aromatic amines is 1. The van der Waals surface area contributed by atoms with E-state index in [1.165, 1.54) is 0 Å². The van der Waals surface area contributed by atoms with E-state index in [0.29, 0.717) is 0 Å². The van der Waals surface area contributed by atoms with Crippen LogP contribution >= 0.6 is 0 Å². The number of nitrogens with zero attached hydrogens (tertiary/aromatic N) is 3. The highest BCUT2D eigenvalue weighted by atomic mass is 16.6. The van der Waals surface area contributed by atoms with Crippen LogP contribution in [0.3, 0.4) is 0 Å². The van der Waals surface area contributed by atoms with Gasteiger partial charge >= 0.3 is 6.09 Å². The number of hydrogen-bond acceptors (Lipinski definition) is 4. The third-order valence-corrected chi connectivity index (χ3v) is 5.37. The second kappa shape index (κ2) is 4.33. The Labute approximate surface area is 144 Å². The molecule has 130 valence electrons. The van der Waals surface area contributed by atoms with Crippen LogP contribution in [0, 0.1) is 0 Å². The van der Waals surface area contributed by atoms with Gasteiger partial charge in [0.2, 0.25) is 0 Å². The highest BCUT2D eigenvalue weighted by molar-refractivity contribution is 6.01. The van der Waals surface area contributed by atoms with Crippen LogP contribution in [0.1, 0.15) is 40.0 Å². The molecular formula is C18H21N5O2. The predicted molar refractivity (Wildman–Crippen MR) is 93.3 cm³/mol. The van der Waals surface area contributed by atoms with Gasteiger partial charge < -0.3 is 19.6 Å². The lowest BCUT2D eigenvalue weighted by Crippen LogP contribution is -2.78. The predicted octanol–water partition coefficient (Wildman–Crippen LogP) is 3.07. The van der Waals surface area contributed by atoms with Crippen molar-refractivity contribution >= 4 is 28.2 Å². The van der Waals surface area contributed by atoms with Crippen LogP contribution in [0.15, 0.2) is 24.8 Å². The Balaban J connectivity index is 1.40. The first kappa shape index (κ1) is 14.7. The molecule has 3 aliphatic rings. The van der Waals surface area contributed by atoms with Gasteiger partial charge in [0.25, 0.3) is 0 Å². The highest BCUT2D eigenvalue weighted by Crippen LogP contribution is 2.65. The van der Waals surface area contributed by atoms with Crippen LogP contribution in [-0.4, -0.2) is 36.8 Å². The number of carbonyl (C=O) groups is 1. The number of pyridine rings is 1. The molecule has 6 rings (SSSR count). The normalized spacial score (nSPS) is 27.8. The first-order chi connectivity index (χ1) is 11.8. The van der Waals surface area contributed by atoms with Crippen molar-refractivity contribution in [1.82, 2.24) is 24.8 Å². The van der Waals surface area contributed by atoms with Gasteiger partial charge in [-0.3, -0.25) is 0 Å². The number of carbonyl (C=O) groups excluding carboxylic acids is 1. The van der Waals surface area contributed by atoms with Crippen LogP contribution in [0.2, 0.25) is 0 Å². The molecule has 2 N–H and O–H groups in total. The number of alkyl carbamates (subject to hydrolysis) is 1. The lowest BCUT2D eigenvalue weighted by atomic mass is 9.44. The highest BCUT2D eigenvalue weighted by Gasteiger charge is 2.70. The summed E-state index contributed by atoms with van der Waals surface area (Å²) in [7, 11) is 0. The summed E-state index contributed by atoms with van der Waals surface area (Å²) in [6.07, 6.45) is 8.05. The van der Waals surface area contributed by atoms with Gasteiger partial charge in [0.1, 0.15) is 16.8 Å². The fourth-order valence-electron chi connectivity index (χ4n) is 4.51. The van der Waals surface area contributed by atoms with E-state index < -0.39 is 5.60 Å². The third-order valence-electron chi connectivity index (χ3n) is 5.37. The first-order valence-corrected chi connectivity index (χ1v) is 8.60. The molecule has 7 nitrogen and oxygen atoms in total. The van der Waals surface area contributed by atoms with E-state index in [1.54, 1.807) is 0 Å². The lowest BCUT2D eigenvalue weighted by molar-refractivity contribution is -0.133. The van der Waals surface area contributed by atoms with Gasteiger partial charge in [0.15, 0.2) is 0 Å². The van der Waals surface area contributed by atoms with Gasteiger partial charge in [0, 0.05) is 11.6 Å². The molecule has 3 aromatic rings. The summed E-state index contributed by atoms with van der Waals surface area (Å²) in [5.74, 6) is 0. The van der Waals surface area contributed by atoms with Crippen molar-refractivity contribution in [3.05, 3.63) is 24.8 Å². The average Bonchev–Trinajstić information content (AvgIpc) is 3.04. The van der Waals surface area contributed by atoms with Gasteiger partial charge in [-0.15, -0.1) is 0 Å². The maximum atomic E-state index is 12.1. The van der Waals surface area contributed by atoms with Crippen molar-refractivity contribution < 1.29 is 9.53 Å². The van der Waals surface area contributed by atoms with Crippen molar-refractivity contribution in [3.63, 3.8) is 0 Å². The average molecular weight is 339 g/mol. The summed E-state index contributed by atoms with van der Waals surface area (Å²) in [6.45, 7) is 5.64. The topological polar surface area (TPSA) is 84.8 Å². The summed E-state index contributed by atoms with van der Waals surface area (Å²) in [4.78, 5) is 24.2. The van der Waals surface area contributed by atoms with Crippen LogP contribution < -0.4 is 5.32 Å². The van der Waals surface area contributed by atoms with Crippen LogP contribution in [0.25, 0.3) is 22.1 Å². The SMILES string of the molecule is CC(C)(C)OC(=O)NC12CC(n3cnc4cnc5[nH]ccc5c43)(C1)C2. The minimum Gasteiger partial charge on any atom is -0.444 e. The number of fused-ring (bicyclic) bond motifs is 3. The molecule has 0 aliphatic heterocycles. The van der Waals surface area contributed by atoms with Crippen molar-refractivity contribution in [1.29, 1.82) is 0 Å². The summed E-state index contributed by atoms with van der Waals surface area (Å²) < 4.78 is 7.67. The van der Waals surface area contributed by atoms with E-state index in [4.69, 9.17) is 4.74 Å². The number of H-pyrrole nitrogens is 1. The molecule has 0 aromatic carbocycles. The Morgan fingerprint density at radius 1 is 1.32 bits per heavy atom. The number of aromatic nitrogens is 4. The Morgan fingerprint density at radius 3 is 2.80 bits per heavy atom. The second-order valence-electron chi connectivity index (χ2n) is 8.51. The maximum Gasteiger partial charge on any atom is 0.408 e. The Hall–Kier alpha value is -2.57. The lowest BCUT2D eigenvalue weighted by Gasteiger charge is -2.70. The third kappa shape index (κ3) is 2.01. The molecule has 3 aliphatic carbocycles. The maximum absolute atomic E-state index is 12.1. The zero-order valence-electron chi connectivity index (χ0n) is 14.6. The van der Waals surface area contributed by atoms with Gasteiger partial charge in [-0.2, -0.15) is 0 Å². The van der Waals surface area contributed by atoms with E-state index in [1.807, 2.05) is 45.6 Å². The first-order valence-electron chi connectivity index (χ1n) is 8.60. The largest absolute Gasteiger partial charge is 0.444 e. The van der Waals surface area contributed by atoms with E-state index in [9.17, 15) is 4.79 Å². The summed E-state index contributed by atoms with van der Waals surface area (Å²) >= 11 is 0. The number of amides is 1. The van der Waals surface area contributed by atoms with Gasteiger partial charge in [-0.25, -0.2) is 14.8 Å². The Morgan fingerprint density at radius 2 is 2.08 bits per heavy atom. The zero-order valence-corrected chi connectivity index (χ0v) is 14.6. The van der Waals surface area contributed by atoms with Crippen molar-refractivity contribution in [2.75, 3.05) is 0 Å². The molecule has 2 bridgehead atoms. The molecule has 0 radical (unpaired) electrons. The van der Waals surface area contributed by atoms with Crippen LogP contribution in [0.4, 0.5) is 4.79 Å². The van der Waals surface area contributed by atoms with E-state index in [-0.39, 0.29) is 17.2 Å². The molecule has 0 saturated heterocycles. The number of ether oxygens (including phenoxy) is 1. The van der Waals surface area contributed by atoms with Crippen molar-refractivity contribution in [2.45, 2.75) is 56.7 Å². The smallest absolute Gasteiger partial charge is 0.408 e. The van der Waals surface area contributed by atoms with Crippen molar-refractivity contribution in [3.8, 4) is 0 Å². The van der Waals surface area contributed by atoms with Crippen LogP contribution in [-0.2, 0) is 10.3 Å². The monoisotopic (exact) mass is 339 g/mol. The van der Waals surface area contributed by atoms with Crippen molar-refractivity contribution in [2.24, 2.45) is 0 Å². The van der Waals surface area contributed by atoms with Gasteiger partial charge in [0.05, 0.1) is 29.1 Å². The number of imidazole rings is 1. The quantitative estimate of drug-likeness (QED) is 0.751. The fraction of sp³-hybridized carbons (Fsp3) is 0.500. The standard InChI is InChI=1S/C18H21N5O2/c1-16(2,3)25-15(24)22-17-7-18(8-17,9-17)23-10-21-12-6-20-14-11(13(12)23)4-5-19-14/h4-6,10H,7-9H2,1-3H3,(H,19,20)(H,22,24). The zero-order chi connectivity index (χ0) is 17.4. The molecular weight excluding hydrogens is 318 g/mol. The van der Waals surface area contributed by atoms with E-state index >= 15 is 0 Å². The molecule has 3 aromatic heterocycles. The summed E-state index contributed by atoms with van der Waals surface area (Å²) in [5, 5.41) is 4.16. The molecule has 3 saturated carbocycles. The van der Waals surface area contributed by atoms with E-state index in [0.717, 1.165) is 41.3 Å². The molecule has 7 heteroatoms. The van der Waals surface area contributed by atoms with E-state index in [2.05, 4.69) is 24.8 Å². The molecule has 25 heavy (non-hydrogen) atoms. The molecule has 0 atom stereocenters. The second-order valence-corrected chi connectivity index (χ2v) is 8.51. The minimum atomic E-state index is -0.473. The molecule has 0 spiro atoms. The summed E-state index contributed by atoms with van der Waals surface area (Å²) in [6, 6.07) is 2.04. The molecule has 0 unspecified atom stereocenters. The number of hydrogen-bond donors (Lipinski definition) is 2. The Bertz CT molecular complexity index is 990. The molecule has 1 amide bonds. The summed E-state index contributed by atoms with van der Waals surface area (Å²) in [5.41, 5.74) is 2.36. The fourth-order valence-corrected chi connectivity index (χ4v) is 4.51. The number of nitrogens with one attached hydrogen (secondary N) is 2. The van der Waals surface area contributed by atoms with Gasteiger partial charge in [-0.1, -0.05) is 0 Å². The Kier molecular flexibility index (Phi) is 2.56. The van der Waals surface area contributed by atoms with Crippen LogP contribution in [0.5, 0.6) is 0 Å². The van der Waals surface area contributed by atoms with Gasteiger partial charge in [-0.05, 0) is 46.1 Å². The number of rotatable bonds is 2. The minimum absolute atomic E-state index is 0.0509. The molecule has 3 heterocycles.